The van der Waals surface area contributed by atoms with Crippen LogP contribution in [0, 0.1) is 5.92 Å². The third-order valence-corrected chi connectivity index (χ3v) is 3.25. The van der Waals surface area contributed by atoms with Crippen LogP contribution in [0.25, 0.3) is 0 Å². The first-order valence-electron chi connectivity index (χ1n) is 5.89. The third kappa shape index (κ3) is 3.03. The van der Waals surface area contributed by atoms with Crippen LogP contribution in [0.15, 0.2) is 12.2 Å². The summed E-state index contributed by atoms with van der Waals surface area (Å²) in [6.07, 6.45) is 7.18. The first-order valence-corrected chi connectivity index (χ1v) is 5.89. The Morgan fingerprint density at radius 3 is 2.75 bits per heavy atom. The minimum absolute atomic E-state index is 0.0861. The second kappa shape index (κ2) is 4.52. The summed E-state index contributed by atoms with van der Waals surface area (Å²) in [7, 11) is 0. The van der Waals surface area contributed by atoms with Gasteiger partial charge < -0.3 is 5.32 Å². The second-order valence-electron chi connectivity index (χ2n) is 4.87. The van der Waals surface area contributed by atoms with Crippen LogP contribution in [-0.4, -0.2) is 17.9 Å². The number of carbonyl (C=O) groups is 1. The standard InChI is InChI=1S/C12H17F2NO/c13-12(14)7-9(8-12)6-11(16)15-10-4-2-1-3-5-10/h2,4,9-10H,1,3,5-8H2,(H,15,16). The molecule has 0 radical (unpaired) electrons. The molecule has 0 heterocycles. The Balaban J connectivity index is 1.69. The maximum atomic E-state index is 12.6. The molecule has 4 heteroatoms. The molecule has 0 aliphatic heterocycles. The van der Waals surface area contributed by atoms with E-state index in [4.69, 9.17) is 0 Å². The highest BCUT2D eigenvalue weighted by molar-refractivity contribution is 5.76. The molecule has 0 saturated heterocycles. The molecule has 2 aliphatic rings. The quantitative estimate of drug-likeness (QED) is 0.740. The van der Waals surface area contributed by atoms with E-state index in [1.807, 2.05) is 6.08 Å². The smallest absolute Gasteiger partial charge is 0.248 e. The lowest BCUT2D eigenvalue weighted by Gasteiger charge is -2.34. The Hall–Kier alpha value is -0.930. The first-order chi connectivity index (χ1) is 7.55. The molecule has 16 heavy (non-hydrogen) atoms. The van der Waals surface area contributed by atoms with E-state index in [-0.39, 0.29) is 37.1 Å². The molecule has 1 N–H and O–H groups in total. The van der Waals surface area contributed by atoms with Crippen molar-refractivity contribution in [3.63, 3.8) is 0 Å². The van der Waals surface area contributed by atoms with Crippen molar-refractivity contribution in [3.8, 4) is 0 Å². The first kappa shape index (κ1) is 11.6. The molecular formula is C12H17F2NO. The molecule has 2 aliphatic carbocycles. The van der Waals surface area contributed by atoms with Gasteiger partial charge in [0.25, 0.3) is 0 Å². The van der Waals surface area contributed by atoms with Crippen molar-refractivity contribution < 1.29 is 13.6 Å². The number of nitrogens with one attached hydrogen (secondary N) is 1. The number of rotatable bonds is 3. The molecule has 0 aromatic heterocycles. The molecule has 0 aromatic rings. The Bertz CT molecular complexity index is 293. The number of amides is 1. The fourth-order valence-electron chi connectivity index (χ4n) is 2.39. The molecule has 1 amide bonds. The van der Waals surface area contributed by atoms with Crippen molar-refractivity contribution >= 4 is 5.91 Å². The van der Waals surface area contributed by atoms with Gasteiger partial charge in [-0.1, -0.05) is 12.2 Å². The van der Waals surface area contributed by atoms with Crippen LogP contribution in [0.2, 0.25) is 0 Å². The Morgan fingerprint density at radius 1 is 1.44 bits per heavy atom. The Kier molecular flexibility index (Phi) is 3.26. The van der Waals surface area contributed by atoms with Crippen molar-refractivity contribution in [1.82, 2.24) is 5.32 Å². The highest BCUT2D eigenvalue weighted by Crippen LogP contribution is 2.43. The van der Waals surface area contributed by atoms with Crippen molar-refractivity contribution in [2.24, 2.45) is 5.92 Å². The number of allylic oxidation sites excluding steroid dienone is 1. The van der Waals surface area contributed by atoms with Crippen molar-refractivity contribution in [1.29, 1.82) is 0 Å². The van der Waals surface area contributed by atoms with Crippen molar-refractivity contribution in [3.05, 3.63) is 12.2 Å². The number of hydrogen-bond donors (Lipinski definition) is 1. The van der Waals surface area contributed by atoms with Crippen LogP contribution in [0.4, 0.5) is 8.78 Å². The number of alkyl halides is 2. The average Bonchev–Trinajstić information content (AvgIpc) is 2.16. The fourth-order valence-corrected chi connectivity index (χ4v) is 2.39. The monoisotopic (exact) mass is 229 g/mol. The summed E-state index contributed by atoms with van der Waals surface area (Å²) in [6.45, 7) is 0. The van der Waals surface area contributed by atoms with Crippen LogP contribution in [-0.2, 0) is 4.79 Å². The summed E-state index contributed by atoms with van der Waals surface area (Å²) >= 11 is 0. The lowest BCUT2D eigenvalue weighted by molar-refractivity contribution is -0.134. The van der Waals surface area contributed by atoms with E-state index in [1.165, 1.54) is 0 Å². The van der Waals surface area contributed by atoms with E-state index in [9.17, 15) is 13.6 Å². The van der Waals surface area contributed by atoms with Gasteiger partial charge in [0.1, 0.15) is 0 Å². The lowest BCUT2D eigenvalue weighted by atomic mass is 9.79. The van der Waals surface area contributed by atoms with Crippen LogP contribution >= 0.6 is 0 Å². The highest BCUT2D eigenvalue weighted by atomic mass is 19.3. The maximum Gasteiger partial charge on any atom is 0.248 e. The third-order valence-electron chi connectivity index (χ3n) is 3.25. The Labute approximate surface area is 94.1 Å². The van der Waals surface area contributed by atoms with Gasteiger partial charge in [-0.15, -0.1) is 0 Å². The summed E-state index contributed by atoms with van der Waals surface area (Å²) in [6, 6.07) is 0.113. The topological polar surface area (TPSA) is 29.1 Å². The minimum Gasteiger partial charge on any atom is -0.350 e. The molecule has 2 nitrogen and oxygen atoms in total. The van der Waals surface area contributed by atoms with Gasteiger partial charge in [-0.25, -0.2) is 8.78 Å². The highest BCUT2D eigenvalue weighted by Gasteiger charge is 2.45. The number of halogens is 2. The van der Waals surface area contributed by atoms with Gasteiger partial charge in [0.05, 0.1) is 0 Å². The fraction of sp³-hybridized carbons (Fsp3) is 0.750. The van der Waals surface area contributed by atoms with Gasteiger partial charge in [-0.3, -0.25) is 4.79 Å². The second-order valence-corrected chi connectivity index (χ2v) is 4.87. The molecule has 1 saturated carbocycles. The van der Waals surface area contributed by atoms with E-state index >= 15 is 0 Å². The summed E-state index contributed by atoms with van der Waals surface area (Å²) < 4.78 is 25.1. The predicted octanol–water partition coefficient (Wildman–Crippen LogP) is 2.65. The minimum atomic E-state index is -2.52. The molecule has 1 fully saturated rings. The van der Waals surface area contributed by atoms with Gasteiger partial charge in [0.15, 0.2) is 0 Å². The van der Waals surface area contributed by atoms with Crippen LogP contribution < -0.4 is 5.32 Å². The van der Waals surface area contributed by atoms with Gasteiger partial charge in [0, 0.05) is 25.3 Å². The summed E-state index contributed by atoms with van der Waals surface area (Å²) in [4.78, 5) is 11.5. The zero-order chi connectivity index (χ0) is 11.6. The molecule has 0 aromatic carbocycles. The van der Waals surface area contributed by atoms with E-state index < -0.39 is 5.92 Å². The Morgan fingerprint density at radius 2 is 2.19 bits per heavy atom. The largest absolute Gasteiger partial charge is 0.350 e. The molecule has 1 unspecified atom stereocenters. The molecule has 0 spiro atoms. The van der Waals surface area contributed by atoms with Crippen LogP contribution in [0.3, 0.4) is 0 Å². The predicted molar refractivity (Wildman–Crippen MR) is 57.2 cm³/mol. The average molecular weight is 229 g/mol. The number of hydrogen-bond acceptors (Lipinski definition) is 1. The van der Waals surface area contributed by atoms with Crippen LogP contribution in [0.5, 0.6) is 0 Å². The van der Waals surface area contributed by atoms with Crippen LogP contribution in [0.1, 0.15) is 38.5 Å². The summed E-state index contributed by atoms with van der Waals surface area (Å²) in [5.41, 5.74) is 0. The van der Waals surface area contributed by atoms with E-state index in [0.717, 1.165) is 19.3 Å². The van der Waals surface area contributed by atoms with Gasteiger partial charge in [-0.05, 0) is 25.2 Å². The van der Waals surface area contributed by atoms with Crippen molar-refractivity contribution in [2.75, 3.05) is 0 Å². The van der Waals surface area contributed by atoms with Crippen molar-refractivity contribution in [2.45, 2.75) is 50.5 Å². The zero-order valence-corrected chi connectivity index (χ0v) is 9.22. The maximum absolute atomic E-state index is 12.6. The van der Waals surface area contributed by atoms with Gasteiger partial charge in [-0.2, -0.15) is 0 Å². The molecule has 0 bridgehead atoms. The molecule has 90 valence electrons. The van der Waals surface area contributed by atoms with Gasteiger partial charge in [0.2, 0.25) is 11.8 Å². The zero-order valence-electron chi connectivity index (χ0n) is 9.22. The lowest BCUT2D eigenvalue weighted by Crippen LogP contribution is -2.41. The normalized spacial score (nSPS) is 28.5. The van der Waals surface area contributed by atoms with E-state index in [2.05, 4.69) is 11.4 Å². The summed E-state index contributed by atoms with van der Waals surface area (Å²) in [5, 5.41) is 2.87. The summed E-state index contributed by atoms with van der Waals surface area (Å²) in [5.74, 6) is -2.73. The SMILES string of the molecule is O=C(CC1CC(F)(F)C1)NC1C=CCCC1. The molecule has 2 rings (SSSR count). The van der Waals surface area contributed by atoms with E-state index in [0.29, 0.717) is 0 Å². The number of carbonyl (C=O) groups excluding carboxylic acids is 1. The molecular weight excluding hydrogens is 212 g/mol. The van der Waals surface area contributed by atoms with Gasteiger partial charge >= 0.3 is 0 Å². The molecule has 1 atom stereocenters. The van der Waals surface area contributed by atoms with E-state index in [1.54, 1.807) is 0 Å².